The van der Waals surface area contributed by atoms with Crippen LogP contribution in [0.15, 0.2) is 61.7 Å². The van der Waals surface area contributed by atoms with E-state index in [0.717, 1.165) is 6.07 Å². The van der Waals surface area contributed by atoms with Crippen LogP contribution in [-0.4, -0.2) is 9.49 Å². The van der Waals surface area contributed by atoms with Crippen molar-refractivity contribution >= 4 is 5.88 Å². The van der Waals surface area contributed by atoms with Crippen LogP contribution >= 0.6 is 0 Å². The summed E-state index contributed by atoms with van der Waals surface area (Å²) in [5.41, 5.74) is 6.07. The number of aryl methyl sites for hydroxylation is 1. The Balaban J connectivity index is 1.93. The van der Waals surface area contributed by atoms with Gasteiger partial charge in [-0.15, -0.1) is 0 Å². The van der Waals surface area contributed by atoms with Crippen molar-refractivity contribution in [1.29, 1.82) is 5.26 Å². The minimum atomic E-state index is -1.03. The zero-order valence-electron chi connectivity index (χ0n) is 15.1. The zero-order valence-corrected chi connectivity index (χ0v) is 15.1. The predicted octanol–water partition coefficient (Wildman–Crippen LogP) is 2.52. The van der Waals surface area contributed by atoms with Crippen LogP contribution in [0.2, 0.25) is 0 Å². The Kier molecular flexibility index (Phi) is 4.20. The molecule has 0 spiro atoms. The molecule has 4 rings (SSSR count). The third-order valence-electron chi connectivity index (χ3n) is 4.66. The standard InChI is InChI=1S/C19H14N4O6/c1-10-7-14-17(19(24)22(10)9-11-3-2-6-27-11)16(12(8-20)18(21)29-14)13-4-5-15(28-13)23(25)26/h2-7,16H,9,21H2,1H3/t16-/m1/s1. The highest BCUT2D eigenvalue weighted by Crippen LogP contribution is 2.41. The lowest BCUT2D eigenvalue weighted by atomic mass is 9.88. The van der Waals surface area contributed by atoms with Crippen LogP contribution in [0.25, 0.3) is 0 Å². The first-order valence-corrected chi connectivity index (χ1v) is 8.49. The Morgan fingerprint density at radius 3 is 2.79 bits per heavy atom. The third kappa shape index (κ3) is 2.94. The first-order valence-electron chi connectivity index (χ1n) is 8.49. The van der Waals surface area contributed by atoms with Gasteiger partial charge in [0.1, 0.15) is 33.8 Å². The summed E-state index contributed by atoms with van der Waals surface area (Å²) in [6, 6.07) is 9.48. The first-order chi connectivity index (χ1) is 13.9. The Morgan fingerprint density at radius 2 is 2.17 bits per heavy atom. The number of nitro groups is 1. The van der Waals surface area contributed by atoms with Gasteiger partial charge >= 0.3 is 5.88 Å². The van der Waals surface area contributed by atoms with Gasteiger partial charge < -0.3 is 23.9 Å². The summed E-state index contributed by atoms with van der Waals surface area (Å²) in [5, 5.41) is 20.6. The molecule has 1 atom stereocenters. The molecule has 0 unspecified atom stereocenters. The molecular weight excluding hydrogens is 380 g/mol. The molecule has 0 bridgehead atoms. The molecule has 0 amide bonds. The van der Waals surface area contributed by atoms with Gasteiger partial charge in [-0.2, -0.15) is 5.26 Å². The molecule has 10 nitrogen and oxygen atoms in total. The number of fused-ring (bicyclic) bond motifs is 1. The van der Waals surface area contributed by atoms with Gasteiger partial charge in [0, 0.05) is 11.8 Å². The quantitative estimate of drug-likeness (QED) is 0.523. The molecule has 0 fully saturated rings. The summed E-state index contributed by atoms with van der Waals surface area (Å²) in [4.78, 5) is 23.7. The Morgan fingerprint density at radius 1 is 1.38 bits per heavy atom. The second-order valence-electron chi connectivity index (χ2n) is 6.39. The van der Waals surface area contributed by atoms with Gasteiger partial charge in [-0.3, -0.25) is 14.9 Å². The number of ether oxygens (including phenoxy) is 1. The summed E-state index contributed by atoms with van der Waals surface area (Å²) in [5.74, 6) is -0.949. The SMILES string of the molecule is Cc1cc2c(c(=O)n1Cc1ccco1)[C@@H](c1ccc([N+](=O)[O-])o1)C(C#N)=C(N)O2. The average molecular weight is 394 g/mol. The van der Waals surface area contributed by atoms with Crippen LogP contribution in [0, 0.1) is 28.4 Å². The zero-order chi connectivity index (χ0) is 20.7. The van der Waals surface area contributed by atoms with Crippen molar-refractivity contribution < 1.29 is 18.5 Å². The van der Waals surface area contributed by atoms with Crippen LogP contribution in [0.1, 0.15) is 28.7 Å². The summed E-state index contributed by atoms with van der Waals surface area (Å²) in [7, 11) is 0. The summed E-state index contributed by atoms with van der Waals surface area (Å²) < 4.78 is 17.6. The van der Waals surface area contributed by atoms with Crippen molar-refractivity contribution in [3.8, 4) is 11.8 Å². The van der Waals surface area contributed by atoms with E-state index in [0.29, 0.717) is 11.5 Å². The van der Waals surface area contributed by atoms with Crippen molar-refractivity contribution in [2.24, 2.45) is 5.73 Å². The molecule has 0 saturated heterocycles. The number of allylic oxidation sites excluding steroid dienone is 1. The van der Waals surface area contributed by atoms with Crippen LogP contribution in [-0.2, 0) is 6.54 Å². The largest absolute Gasteiger partial charge is 0.467 e. The highest BCUT2D eigenvalue weighted by Gasteiger charge is 2.37. The number of nitrogens with two attached hydrogens (primary N) is 1. The van der Waals surface area contributed by atoms with Gasteiger partial charge in [0.2, 0.25) is 5.88 Å². The molecule has 1 aliphatic heterocycles. The molecule has 10 heteroatoms. The van der Waals surface area contributed by atoms with Crippen molar-refractivity contribution in [3.63, 3.8) is 0 Å². The van der Waals surface area contributed by atoms with Crippen LogP contribution in [0.3, 0.4) is 0 Å². The molecule has 3 aromatic heterocycles. The molecule has 0 aliphatic carbocycles. The smallest absolute Gasteiger partial charge is 0.433 e. The first kappa shape index (κ1) is 18.1. The minimum Gasteiger partial charge on any atom is -0.467 e. The van der Waals surface area contributed by atoms with Gasteiger partial charge in [0.25, 0.3) is 5.56 Å². The Labute approximate surface area is 163 Å². The third-order valence-corrected chi connectivity index (χ3v) is 4.66. The second-order valence-corrected chi connectivity index (χ2v) is 6.39. The van der Waals surface area contributed by atoms with E-state index in [9.17, 15) is 20.2 Å². The molecule has 0 radical (unpaired) electrons. The van der Waals surface area contributed by atoms with Gasteiger partial charge in [-0.25, -0.2) is 0 Å². The monoisotopic (exact) mass is 394 g/mol. The van der Waals surface area contributed by atoms with Crippen LogP contribution in [0.4, 0.5) is 5.88 Å². The highest BCUT2D eigenvalue weighted by atomic mass is 16.6. The normalized spacial score (nSPS) is 15.5. The molecule has 3 aromatic rings. The molecule has 4 heterocycles. The topological polar surface area (TPSA) is 150 Å². The lowest BCUT2D eigenvalue weighted by Crippen LogP contribution is -2.32. The number of hydrogen-bond acceptors (Lipinski definition) is 8. The molecule has 0 saturated carbocycles. The van der Waals surface area contributed by atoms with Gasteiger partial charge in [-0.1, -0.05) is 0 Å². The fourth-order valence-corrected chi connectivity index (χ4v) is 3.32. The fraction of sp³-hybridized carbons (Fsp3) is 0.158. The molecule has 29 heavy (non-hydrogen) atoms. The Bertz CT molecular complexity index is 1240. The number of pyridine rings is 1. The lowest BCUT2D eigenvalue weighted by molar-refractivity contribution is -0.402. The second kappa shape index (κ2) is 6.72. The van der Waals surface area contributed by atoms with E-state index in [2.05, 4.69) is 0 Å². The number of rotatable bonds is 4. The summed E-state index contributed by atoms with van der Waals surface area (Å²) >= 11 is 0. The average Bonchev–Trinajstić information content (AvgIpc) is 3.36. The van der Waals surface area contributed by atoms with E-state index in [4.69, 9.17) is 19.3 Å². The Hall–Kier alpha value is -4.26. The summed E-state index contributed by atoms with van der Waals surface area (Å²) in [6.07, 6.45) is 1.50. The van der Waals surface area contributed by atoms with Crippen molar-refractivity contribution in [2.45, 2.75) is 19.4 Å². The number of nitriles is 1. The van der Waals surface area contributed by atoms with Crippen LogP contribution < -0.4 is 16.0 Å². The number of hydrogen-bond donors (Lipinski definition) is 1. The molecule has 0 aromatic carbocycles. The molecular formula is C19H14N4O6. The maximum Gasteiger partial charge on any atom is 0.433 e. The van der Waals surface area contributed by atoms with E-state index in [-0.39, 0.29) is 35.1 Å². The molecule has 146 valence electrons. The van der Waals surface area contributed by atoms with Crippen molar-refractivity contribution in [3.05, 3.63) is 91.3 Å². The summed E-state index contributed by atoms with van der Waals surface area (Å²) in [6.45, 7) is 1.89. The predicted molar refractivity (Wildman–Crippen MR) is 97.9 cm³/mol. The molecule has 2 N–H and O–H groups in total. The van der Waals surface area contributed by atoms with Crippen molar-refractivity contribution in [2.75, 3.05) is 0 Å². The number of furan rings is 2. The maximum absolute atomic E-state index is 13.3. The number of aromatic nitrogens is 1. The van der Waals surface area contributed by atoms with E-state index < -0.39 is 22.3 Å². The van der Waals surface area contributed by atoms with E-state index in [1.807, 2.05) is 6.07 Å². The minimum absolute atomic E-state index is 0.0475. The van der Waals surface area contributed by atoms with Crippen LogP contribution in [0.5, 0.6) is 5.75 Å². The maximum atomic E-state index is 13.3. The van der Waals surface area contributed by atoms with E-state index in [1.165, 1.54) is 16.9 Å². The molecule has 1 aliphatic rings. The van der Waals surface area contributed by atoms with E-state index in [1.54, 1.807) is 25.1 Å². The van der Waals surface area contributed by atoms with Gasteiger partial charge in [-0.05, 0) is 25.1 Å². The van der Waals surface area contributed by atoms with Gasteiger partial charge in [0.15, 0.2) is 0 Å². The number of nitrogens with zero attached hydrogens (tertiary/aromatic N) is 3. The lowest BCUT2D eigenvalue weighted by Gasteiger charge is -2.25. The highest BCUT2D eigenvalue weighted by molar-refractivity contribution is 5.54. The van der Waals surface area contributed by atoms with E-state index >= 15 is 0 Å². The fourth-order valence-electron chi connectivity index (χ4n) is 3.32. The van der Waals surface area contributed by atoms with Crippen molar-refractivity contribution in [1.82, 2.24) is 4.57 Å². The van der Waals surface area contributed by atoms with Gasteiger partial charge in [0.05, 0.1) is 30.4 Å².